The van der Waals surface area contributed by atoms with Gasteiger partial charge in [-0.15, -0.1) is 11.3 Å². The maximum Gasteiger partial charge on any atom is 0.263 e. The van der Waals surface area contributed by atoms with Crippen LogP contribution in [0.2, 0.25) is 0 Å². The van der Waals surface area contributed by atoms with E-state index in [-0.39, 0.29) is 17.5 Å². The predicted octanol–water partition coefficient (Wildman–Crippen LogP) is 4.02. The van der Waals surface area contributed by atoms with E-state index in [0.29, 0.717) is 11.7 Å². The van der Waals surface area contributed by atoms with Gasteiger partial charge in [0.1, 0.15) is 4.83 Å². The molecule has 5 nitrogen and oxygen atoms in total. The first-order valence-corrected chi connectivity index (χ1v) is 12.4. The molecule has 2 aromatic rings. The van der Waals surface area contributed by atoms with Crippen LogP contribution in [-0.4, -0.2) is 39.2 Å². The number of nitrogens with zero attached hydrogens (tertiary/aromatic N) is 3. The van der Waals surface area contributed by atoms with Gasteiger partial charge in [-0.1, -0.05) is 31.5 Å². The summed E-state index contributed by atoms with van der Waals surface area (Å²) in [5.41, 5.74) is 1.40. The fourth-order valence-electron chi connectivity index (χ4n) is 4.75. The van der Waals surface area contributed by atoms with Gasteiger partial charge in [0.25, 0.3) is 5.56 Å². The highest BCUT2D eigenvalue weighted by atomic mass is 32.2. The molecule has 0 aromatic carbocycles. The Bertz CT molecular complexity index is 970. The van der Waals surface area contributed by atoms with Crippen molar-refractivity contribution < 1.29 is 4.79 Å². The number of carbonyl (C=O) groups is 1. The molecule has 5 rings (SSSR count). The molecular weight excluding hydrogens is 390 g/mol. The number of likely N-dealkylation sites (tertiary alicyclic amines) is 1. The van der Waals surface area contributed by atoms with Crippen LogP contribution in [-0.2, 0) is 17.6 Å². The summed E-state index contributed by atoms with van der Waals surface area (Å²) in [5.74, 6) is 1.23. The highest BCUT2D eigenvalue weighted by Crippen LogP contribution is 2.38. The molecule has 0 unspecified atom stereocenters. The minimum atomic E-state index is 0.142. The smallest absolute Gasteiger partial charge is 0.263 e. The molecule has 1 saturated carbocycles. The van der Waals surface area contributed by atoms with Gasteiger partial charge in [0.15, 0.2) is 5.16 Å². The zero-order valence-corrected chi connectivity index (χ0v) is 18.0. The van der Waals surface area contributed by atoms with E-state index in [0.717, 1.165) is 67.0 Å². The normalized spacial score (nSPS) is 22.5. The Balaban J connectivity index is 1.56. The Labute approximate surface area is 173 Å². The number of hydrogen-bond acceptors (Lipinski definition) is 5. The molecule has 28 heavy (non-hydrogen) atoms. The number of thiophene rings is 1. The summed E-state index contributed by atoms with van der Waals surface area (Å²) in [7, 11) is 0. The molecule has 1 atom stereocenters. The van der Waals surface area contributed by atoms with Crippen molar-refractivity contribution >= 4 is 39.2 Å². The molecule has 150 valence electrons. The second kappa shape index (κ2) is 7.48. The fourth-order valence-corrected chi connectivity index (χ4v) is 7.15. The summed E-state index contributed by atoms with van der Waals surface area (Å²) in [5, 5.41) is 1.63. The van der Waals surface area contributed by atoms with E-state index in [1.165, 1.54) is 35.0 Å². The summed E-state index contributed by atoms with van der Waals surface area (Å²) in [6, 6.07) is 0.240. The zero-order chi connectivity index (χ0) is 19.3. The lowest BCUT2D eigenvalue weighted by atomic mass is 9.89. The zero-order valence-electron chi connectivity index (χ0n) is 16.4. The van der Waals surface area contributed by atoms with E-state index in [9.17, 15) is 9.59 Å². The maximum absolute atomic E-state index is 13.6. The second-order valence-corrected chi connectivity index (χ2v) is 10.6. The molecule has 0 bridgehead atoms. The number of hydrogen-bond donors (Lipinski definition) is 0. The lowest BCUT2D eigenvalue weighted by Gasteiger charge is -2.30. The van der Waals surface area contributed by atoms with Crippen molar-refractivity contribution in [3.05, 3.63) is 20.8 Å². The second-order valence-electron chi connectivity index (χ2n) is 8.56. The summed E-state index contributed by atoms with van der Waals surface area (Å²) >= 11 is 3.17. The Morgan fingerprint density at radius 3 is 2.71 bits per heavy atom. The minimum absolute atomic E-state index is 0.142. The molecule has 1 aliphatic heterocycles. The van der Waals surface area contributed by atoms with Crippen molar-refractivity contribution in [2.24, 2.45) is 5.92 Å². The van der Waals surface area contributed by atoms with Crippen molar-refractivity contribution in [2.75, 3.05) is 18.8 Å². The van der Waals surface area contributed by atoms with Gasteiger partial charge in [-0.2, -0.15) is 0 Å². The largest absolute Gasteiger partial charge is 0.342 e. The van der Waals surface area contributed by atoms with Crippen LogP contribution in [0.5, 0.6) is 0 Å². The van der Waals surface area contributed by atoms with Crippen molar-refractivity contribution in [3.63, 3.8) is 0 Å². The molecule has 1 saturated heterocycles. The molecule has 3 heterocycles. The Morgan fingerprint density at radius 2 is 2.00 bits per heavy atom. The first-order valence-electron chi connectivity index (χ1n) is 10.6. The number of aryl methyl sites for hydroxylation is 1. The van der Waals surface area contributed by atoms with E-state index in [1.807, 2.05) is 9.47 Å². The number of thioether (sulfide) groups is 1. The van der Waals surface area contributed by atoms with E-state index in [1.54, 1.807) is 11.3 Å². The number of rotatable bonds is 4. The van der Waals surface area contributed by atoms with Crippen LogP contribution in [0.25, 0.3) is 10.2 Å². The van der Waals surface area contributed by atoms with Crippen LogP contribution < -0.4 is 5.56 Å². The highest BCUT2D eigenvalue weighted by Gasteiger charge is 2.29. The van der Waals surface area contributed by atoms with Gasteiger partial charge in [-0.25, -0.2) is 4.98 Å². The van der Waals surface area contributed by atoms with Gasteiger partial charge < -0.3 is 4.90 Å². The first-order chi connectivity index (χ1) is 13.6. The van der Waals surface area contributed by atoms with Crippen LogP contribution in [0.1, 0.15) is 61.9 Å². The third kappa shape index (κ3) is 3.20. The molecule has 2 fully saturated rings. The molecule has 1 amide bonds. The van der Waals surface area contributed by atoms with Gasteiger partial charge in [0.05, 0.1) is 11.1 Å². The van der Waals surface area contributed by atoms with E-state index in [4.69, 9.17) is 4.98 Å². The van der Waals surface area contributed by atoms with Crippen molar-refractivity contribution in [1.82, 2.24) is 14.5 Å². The maximum atomic E-state index is 13.6. The average Bonchev–Trinajstić information content (AvgIpc) is 3.25. The summed E-state index contributed by atoms with van der Waals surface area (Å²) in [6.07, 6.45) is 8.76. The van der Waals surface area contributed by atoms with Crippen LogP contribution >= 0.6 is 23.1 Å². The van der Waals surface area contributed by atoms with Crippen LogP contribution in [0.15, 0.2) is 9.95 Å². The first kappa shape index (κ1) is 18.7. The standard InChI is InChI=1S/C21H27N3O2S2/c1-13-7-8-15-16(11-13)28-19-18(15)20(26)24(14-5-2-3-6-14)21(22-19)27-12-17(25)23-9-4-10-23/h13-14H,2-12H2,1H3/t13-/m1/s1. The van der Waals surface area contributed by atoms with E-state index in [2.05, 4.69) is 6.92 Å². The lowest BCUT2D eigenvalue weighted by Crippen LogP contribution is -2.43. The van der Waals surface area contributed by atoms with Crippen LogP contribution in [0.3, 0.4) is 0 Å². The van der Waals surface area contributed by atoms with Gasteiger partial charge in [-0.3, -0.25) is 14.2 Å². The predicted molar refractivity (Wildman–Crippen MR) is 114 cm³/mol. The van der Waals surface area contributed by atoms with Gasteiger partial charge >= 0.3 is 0 Å². The van der Waals surface area contributed by atoms with Crippen LogP contribution in [0.4, 0.5) is 0 Å². The molecular formula is C21H27N3O2S2. The van der Waals surface area contributed by atoms with Crippen molar-refractivity contribution in [1.29, 1.82) is 0 Å². The van der Waals surface area contributed by atoms with E-state index >= 15 is 0 Å². The van der Waals surface area contributed by atoms with Gasteiger partial charge in [0, 0.05) is 24.0 Å². The van der Waals surface area contributed by atoms with Crippen molar-refractivity contribution in [2.45, 2.75) is 69.5 Å². The summed E-state index contributed by atoms with van der Waals surface area (Å²) in [4.78, 5) is 35.1. The molecule has 0 N–H and O–H groups in total. The molecule has 2 aliphatic carbocycles. The monoisotopic (exact) mass is 417 g/mol. The average molecular weight is 418 g/mol. The van der Waals surface area contributed by atoms with Crippen LogP contribution in [0, 0.1) is 5.92 Å². The fraction of sp³-hybridized carbons (Fsp3) is 0.667. The molecule has 0 spiro atoms. The Hall–Kier alpha value is -1.34. The topological polar surface area (TPSA) is 55.2 Å². The van der Waals surface area contributed by atoms with Gasteiger partial charge in [-0.05, 0) is 50.0 Å². The van der Waals surface area contributed by atoms with E-state index < -0.39 is 0 Å². The minimum Gasteiger partial charge on any atom is -0.342 e. The SMILES string of the molecule is C[C@@H]1CCc2c(sc3nc(SCC(=O)N4CCC4)n(C4CCCC4)c(=O)c23)C1. The molecule has 2 aromatic heterocycles. The third-order valence-corrected chi connectivity index (χ3v) is 8.64. The highest BCUT2D eigenvalue weighted by molar-refractivity contribution is 7.99. The Morgan fingerprint density at radius 1 is 1.21 bits per heavy atom. The third-order valence-electron chi connectivity index (χ3n) is 6.55. The number of aromatic nitrogens is 2. The number of carbonyl (C=O) groups excluding carboxylic acids is 1. The molecule has 3 aliphatic rings. The summed E-state index contributed by atoms with van der Waals surface area (Å²) < 4.78 is 1.95. The van der Waals surface area contributed by atoms with Gasteiger partial charge in [0.2, 0.25) is 5.91 Å². The lowest BCUT2D eigenvalue weighted by molar-refractivity contribution is -0.131. The molecule has 0 radical (unpaired) electrons. The van der Waals surface area contributed by atoms with Crippen molar-refractivity contribution in [3.8, 4) is 0 Å². The Kier molecular flexibility index (Phi) is 4.99. The molecule has 7 heteroatoms. The summed E-state index contributed by atoms with van der Waals surface area (Å²) in [6.45, 7) is 4.04. The quantitative estimate of drug-likeness (QED) is 0.557. The number of amides is 1. The number of fused-ring (bicyclic) bond motifs is 3.